The van der Waals surface area contributed by atoms with Crippen molar-refractivity contribution in [3.8, 4) is 5.75 Å². The first-order valence-corrected chi connectivity index (χ1v) is 13.0. The molecule has 1 heterocycles. The van der Waals surface area contributed by atoms with Gasteiger partial charge in [-0.1, -0.05) is 6.07 Å². The second-order valence-corrected chi connectivity index (χ2v) is 9.60. The summed E-state index contributed by atoms with van der Waals surface area (Å²) in [5, 5.41) is 2.35. The Bertz CT molecular complexity index is 1520. The molecule has 0 aliphatic carbocycles. The molecule has 0 spiro atoms. The van der Waals surface area contributed by atoms with Crippen LogP contribution in [-0.4, -0.2) is 49.6 Å². The standard InChI is InChI=1S/C29H27F5N4O5/c1-15-19-4-3-16(28(40)36-13-20-22(31)8-17(30)9-23(20)32)7-26(19)38(29(41)37(15)2)14-21-24(33)10-18(11-25(21)34)42-5-6-43-27(39)12-35/h3-4,7-11,15H,5-6,12-14,35H2,1-2H3,(H,36,40)/t15-/m0/s1. The van der Waals surface area contributed by atoms with Crippen LogP contribution in [0.15, 0.2) is 42.5 Å². The first-order chi connectivity index (χ1) is 20.4. The smallest absolute Gasteiger partial charge is 0.325 e. The summed E-state index contributed by atoms with van der Waals surface area (Å²) in [4.78, 5) is 39.7. The molecule has 43 heavy (non-hydrogen) atoms. The molecule has 1 aliphatic rings. The predicted molar refractivity (Wildman–Crippen MR) is 144 cm³/mol. The average molecular weight is 607 g/mol. The molecule has 0 saturated heterocycles. The van der Waals surface area contributed by atoms with Crippen LogP contribution in [0.4, 0.5) is 32.4 Å². The number of carbonyl (C=O) groups excluding carboxylic acids is 3. The highest BCUT2D eigenvalue weighted by Crippen LogP contribution is 2.38. The van der Waals surface area contributed by atoms with Gasteiger partial charge in [-0.15, -0.1) is 0 Å². The summed E-state index contributed by atoms with van der Waals surface area (Å²) in [6, 6.07) is 6.08. The number of esters is 1. The number of hydrogen-bond acceptors (Lipinski definition) is 6. The second-order valence-electron chi connectivity index (χ2n) is 9.60. The normalized spacial score (nSPS) is 14.4. The van der Waals surface area contributed by atoms with E-state index in [4.69, 9.17) is 15.2 Å². The van der Waals surface area contributed by atoms with Crippen molar-refractivity contribution in [2.75, 3.05) is 31.7 Å². The van der Waals surface area contributed by atoms with Crippen molar-refractivity contribution >= 4 is 23.6 Å². The lowest BCUT2D eigenvalue weighted by molar-refractivity contribution is -0.142. The Morgan fingerprint density at radius 1 is 0.930 bits per heavy atom. The van der Waals surface area contributed by atoms with Crippen LogP contribution in [-0.2, 0) is 22.6 Å². The molecule has 3 amide bonds. The van der Waals surface area contributed by atoms with E-state index < -0.39 is 77.3 Å². The Balaban J connectivity index is 1.56. The molecule has 4 rings (SSSR count). The number of fused-ring (bicyclic) bond motifs is 1. The van der Waals surface area contributed by atoms with Crippen molar-refractivity contribution in [3.05, 3.63) is 93.8 Å². The average Bonchev–Trinajstić information content (AvgIpc) is 2.96. The monoisotopic (exact) mass is 606 g/mol. The number of nitrogens with two attached hydrogens (primary N) is 1. The second kappa shape index (κ2) is 13.1. The van der Waals surface area contributed by atoms with Crippen LogP contribution < -0.4 is 20.7 Å². The van der Waals surface area contributed by atoms with Crippen LogP contribution in [0.5, 0.6) is 5.75 Å². The van der Waals surface area contributed by atoms with Gasteiger partial charge in [-0.3, -0.25) is 14.5 Å². The number of nitrogens with zero attached hydrogens (tertiary/aromatic N) is 2. The molecule has 3 aromatic carbocycles. The Kier molecular flexibility index (Phi) is 9.49. The van der Waals surface area contributed by atoms with Crippen LogP contribution in [0.3, 0.4) is 0 Å². The third kappa shape index (κ3) is 6.85. The lowest BCUT2D eigenvalue weighted by Gasteiger charge is -2.39. The van der Waals surface area contributed by atoms with Gasteiger partial charge in [-0.25, -0.2) is 26.7 Å². The third-order valence-corrected chi connectivity index (χ3v) is 6.89. The largest absolute Gasteiger partial charge is 0.490 e. The van der Waals surface area contributed by atoms with Gasteiger partial charge in [0.25, 0.3) is 5.91 Å². The van der Waals surface area contributed by atoms with Crippen LogP contribution >= 0.6 is 0 Å². The predicted octanol–water partition coefficient (Wildman–Crippen LogP) is 4.33. The van der Waals surface area contributed by atoms with Crippen LogP contribution in [0, 0.1) is 29.1 Å². The van der Waals surface area contributed by atoms with Crippen molar-refractivity contribution in [2.45, 2.75) is 26.1 Å². The fraction of sp³-hybridized carbons (Fsp3) is 0.276. The van der Waals surface area contributed by atoms with Crippen molar-refractivity contribution in [2.24, 2.45) is 5.73 Å². The number of nitrogens with one attached hydrogen (secondary N) is 1. The zero-order chi connectivity index (χ0) is 31.4. The van der Waals surface area contributed by atoms with Crippen molar-refractivity contribution in [1.29, 1.82) is 0 Å². The fourth-order valence-corrected chi connectivity index (χ4v) is 4.45. The lowest BCUT2D eigenvalue weighted by Crippen LogP contribution is -2.47. The fourth-order valence-electron chi connectivity index (χ4n) is 4.45. The number of hydrogen-bond donors (Lipinski definition) is 2. The van der Waals surface area contributed by atoms with Gasteiger partial charge in [0.05, 0.1) is 24.8 Å². The molecule has 0 aromatic heterocycles. The topological polar surface area (TPSA) is 114 Å². The summed E-state index contributed by atoms with van der Waals surface area (Å²) in [5.41, 5.74) is 4.89. The van der Waals surface area contributed by atoms with E-state index in [-0.39, 0.29) is 36.8 Å². The lowest BCUT2D eigenvalue weighted by atomic mass is 9.98. The van der Waals surface area contributed by atoms with E-state index in [9.17, 15) is 27.6 Å². The first-order valence-electron chi connectivity index (χ1n) is 13.0. The number of rotatable bonds is 10. The molecule has 3 aromatic rings. The number of halogens is 5. The summed E-state index contributed by atoms with van der Waals surface area (Å²) in [6.45, 7) is -0.107. The van der Waals surface area contributed by atoms with Crippen LogP contribution in [0.1, 0.15) is 40.0 Å². The number of carbonyl (C=O) groups is 3. The molecule has 14 heteroatoms. The maximum absolute atomic E-state index is 15.1. The van der Waals surface area contributed by atoms with Gasteiger partial charge < -0.3 is 25.4 Å². The van der Waals surface area contributed by atoms with E-state index in [0.29, 0.717) is 17.7 Å². The van der Waals surface area contributed by atoms with Gasteiger partial charge >= 0.3 is 12.0 Å². The maximum Gasteiger partial charge on any atom is 0.325 e. The molecule has 1 atom stereocenters. The Labute approximate surface area is 243 Å². The van der Waals surface area contributed by atoms with Crippen molar-refractivity contribution < 1.29 is 45.8 Å². The van der Waals surface area contributed by atoms with Crippen molar-refractivity contribution in [1.82, 2.24) is 10.2 Å². The number of urea groups is 1. The molecular formula is C29H27F5N4O5. The minimum absolute atomic E-state index is 0.00346. The third-order valence-electron chi connectivity index (χ3n) is 6.89. The van der Waals surface area contributed by atoms with Gasteiger partial charge in [0.1, 0.15) is 48.0 Å². The number of ether oxygens (including phenoxy) is 2. The molecular weight excluding hydrogens is 579 g/mol. The van der Waals surface area contributed by atoms with Crippen molar-refractivity contribution in [3.63, 3.8) is 0 Å². The molecule has 0 unspecified atom stereocenters. The molecule has 0 saturated carbocycles. The van der Waals surface area contributed by atoms with E-state index in [1.54, 1.807) is 13.0 Å². The van der Waals surface area contributed by atoms with Crippen LogP contribution in [0.2, 0.25) is 0 Å². The molecule has 0 fully saturated rings. The van der Waals surface area contributed by atoms with E-state index >= 15 is 8.78 Å². The minimum Gasteiger partial charge on any atom is -0.490 e. The highest BCUT2D eigenvalue weighted by atomic mass is 19.2. The summed E-state index contributed by atoms with van der Waals surface area (Å²) in [5.74, 6) is -7.08. The van der Waals surface area contributed by atoms with Gasteiger partial charge in [-0.2, -0.15) is 0 Å². The van der Waals surface area contributed by atoms with E-state index in [1.807, 2.05) is 0 Å². The number of amides is 3. The highest BCUT2D eigenvalue weighted by molar-refractivity contribution is 5.99. The molecule has 0 bridgehead atoms. The summed E-state index contributed by atoms with van der Waals surface area (Å²) in [7, 11) is 1.51. The summed E-state index contributed by atoms with van der Waals surface area (Å²) >= 11 is 0. The molecule has 9 nitrogen and oxygen atoms in total. The molecule has 228 valence electrons. The van der Waals surface area contributed by atoms with E-state index in [1.165, 1.54) is 24.1 Å². The van der Waals surface area contributed by atoms with Gasteiger partial charge in [0.2, 0.25) is 0 Å². The molecule has 1 aliphatic heterocycles. The number of anilines is 1. The summed E-state index contributed by atoms with van der Waals surface area (Å²) in [6.07, 6.45) is 0. The zero-order valence-electron chi connectivity index (χ0n) is 23.1. The maximum atomic E-state index is 15.1. The molecule has 0 radical (unpaired) electrons. The van der Waals surface area contributed by atoms with Crippen LogP contribution in [0.25, 0.3) is 0 Å². The molecule has 3 N–H and O–H groups in total. The number of benzene rings is 3. The minimum atomic E-state index is -1.17. The highest BCUT2D eigenvalue weighted by Gasteiger charge is 2.35. The van der Waals surface area contributed by atoms with E-state index in [0.717, 1.165) is 17.0 Å². The summed E-state index contributed by atoms with van der Waals surface area (Å²) < 4.78 is 81.3. The first kappa shape index (κ1) is 31.2. The zero-order valence-corrected chi connectivity index (χ0v) is 23.1. The van der Waals surface area contributed by atoms with E-state index in [2.05, 4.69) is 5.32 Å². The Morgan fingerprint density at radius 2 is 1.56 bits per heavy atom. The Hall–Kier alpha value is -4.72. The van der Waals surface area contributed by atoms with Gasteiger partial charge in [0, 0.05) is 54.5 Å². The van der Waals surface area contributed by atoms with Gasteiger partial charge in [-0.05, 0) is 24.6 Å². The quantitative estimate of drug-likeness (QED) is 0.202. The Morgan fingerprint density at radius 3 is 2.19 bits per heavy atom. The van der Waals surface area contributed by atoms with Gasteiger partial charge in [0.15, 0.2) is 0 Å². The SMILES string of the molecule is C[C@H]1c2ccc(C(=O)NCc3c(F)cc(F)cc3F)cc2N(Cc2c(F)cc(OCCOC(=O)CN)cc2F)C(=O)N1C.